The second-order valence-electron chi connectivity index (χ2n) is 6.72. The van der Waals surface area contributed by atoms with Gasteiger partial charge in [-0.1, -0.05) is 30.3 Å². The molecule has 31 heavy (non-hydrogen) atoms. The van der Waals surface area contributed by atoms with Gasteiger partial charge in [0.2, 0.25) is 23.6 Å². The number of carboxylic acid groups (broad SMARTS) is 1. The molecular formula is C19H27N5O7. The Morgan fingerprint density at radius 3 is 2.16 bits per heavy atom. The van der Waals surface area contributed by atoms with Crippen LogP contribution in [0.25, 0.3) is 0 Å². The fourth-order valence-corrected chi connectivity index (χ4v) is 2.51. The Morgan fingerprint density at radius 1 is 0.968 bits per heavy atom. The van der Waals surface area contributed by atoms with Crippen molar-refractivity contribution < 1.29 is 34.2 Å². The van der Waals surface area contributed by atoms with Crippen LogP contribution in [0.5, 0.6) is 0 Å². The number of carbonyl (C=O) groups is 5. The lowest BCUT2D eigenvalue weighted by Gasteiger charge is -2.20. The smallest absolute Gasteiger partial charge is 0.326 e. The molecule has 12 heteroatoms. The molecule has 170 valence electrons. The van der Waals surface area contributed by atoms with Gasteiger partial charge in [-0.05, 0) is 18.4 Å². The van der Waals surface area contributed by atoms with Crippen LogP contribution in [-0.4, -0.2) is 71.1 Å². The van der Waals surface area contributed by atoms with Crippen molar-refractivity contribution >= 4 is 29.6 Å². The minimum atomic E-state index is -1.46. The number of primary amides is 1. The SMILES string of the molecule is NC(=O)CCC(NC(=O)C(CO)NC(=O)CNC(=O)C(N)Cc1ccccc1)C(=O)O. The summed E-state index contributed by atoms with van der Waals surface area (Å²) in [7, 11) is 0. The fourth-order valence-electron chi connectivity index (χ4n) is 2.51. The molecule has 0 spiro atoms. The van der Waals surface area contributed by atoms with Gasteiger partial charge in [0.25, 0.3) is 0 Å². The van der Waals surface area contributed by atoms with Gasteiger partial charge in [0.05, 0.1) is 19.2 Å². The number of benzene rings is 1. The van der Waals surface area contributed by atoms with Crippen molar-refractivity contribution in [2.45, 2.75) is 37.4 Å². The zero-order chi connectivity index (χ0) is 23.4. The number of aliphatic carboxylic acids is 1. The molecule has 4 amide bonds. The lowest BCUT2D eigenvalue weighted by atomic mass is 10.1. The van der Waals surface area contributed by atoms with Gasteiger partial charge in [-0.25, -0.2) is 4.79 Å². The molecule has 1 rings (SSSR count). The number of aliphatic hydroxyl groups excluding tert-OH is 1. The predicted octanol–water partition coefficient (Wildman–Crippen LogP) is -3.02. The van der Waals surface area contributed by atoms with Crippen LogP contribution in [0.2, 0.25) is 0 Å². The Hall–Kier alpha value is -3.51. The van der Waals surface area contributed by atoms with Gasteiger partial charge in [0.1, 0.15) is 12.1 Å². The highest BCUT2D eigenvalue weighted by molar-refractivity contribution is 5.92. The van der Waals surface area contributed by atoms with E-state index >= 15 is 0 Å². The van der Waals surface area contributed by atoms with E-state index in [-0.39, 0.29) is 19.3 Å². The molecule has 0 heterocycles. The highest BCUT2D eigenvalue weighted by Gasteiger charge is 2.26. The monoisotopic (exact) mass is 437 g/mol. The summed E-state index contributed by atoms with van der Waals surface area (Å²) in [6.45, 7) is -1.32. The van der Waals surface area contributed by atoms with Crippen molar-refractivity contribution in [3.05, 3.63) is 35.9 Å². The Morgan fingerprint density at radius 2 is 1.61 bits per heavy atom. The average molecular weight is 437 g/mol. The highest BCUT2D eigenvalue weighted by Crippen LogP contribution is 2.02. The number of nitrogens with two attached hydrogens (primary N) is 2. The van der Waals surface area contributed by atoms with Crippen molar-refractivity contribution in [3.63, 3.8) is 0 Å². The third-order valence-electron chi connectivity index (χ3n) is 4.19. The Balaban J connectivity index is 2.51. The summed E-state index contributed by atoms with van der Waals surface area (Å²) in [6.07, 6.45) is -0.266. The van der Waals surface area contributed by atoms with Crippen LogP contribution in [0.3, 0.4) is 0 Å². The maximum absolute atomic E-state index is 12.1. The standard InChI is InChI=1S/C19H27N5O7/c20-12(8-11-4-2-1-3-5-11)17(28)22-9-16(27)23-14(10-25)18(29)24-13(19(30)31)6-7-15(21)26/h1-5,12-14,25H,6-10,20H2,(H2,21,26)(H,22,28)(H,23,27)(H,24,29)(H,30,31). The van der Waals surface area contributed by atoms with Crippen LogP contribution < -0.4 is 27.4 Å². The Kier molecular flexibility index (Phi) is 10.6. The van der Waals surface area contributed by atoms with Crippen LogP contribution in [-0.2, 0) is 30.4 Å². The lowest BCUT2D eigenvalue weighted by molar-refractivity contribution is -0.142. The van der Waals surface area contributed by atoms with E-state index in [1.807, 2.05) is 6.07 Å². The topological polar surface area (TPSA) is 214 Å². The summed E-state index contributed by atoms with van der Waals surface area (Å²) in [4.78, 5) is 58.2. The van der Waals surface area contributed by atoms with Crippen LogP contribution >= 0.6 is 0 Å². The molecule has 12 nitrogen and oxygen atoms in total. The quantitative estimate of drug-likeness (QED) is 0.168. The van der Waals surface area contributed by atoms with E-state index in [0.717, 1.165) is 5.56 Å². The van der Waals surface area contributed by atoms with E-state index in [9.17, 15) is 29.1 Å². The fraction of sp³-hybridized carbons (Fsp3) is 0.421. The van der Waals surface area contributed by atoms with Crippen molar-refractivity contribution in [2.75, 3.05) is 13.2 Å². The predicted molar refractivity (Wildman–Crippen MR) is 108 cm³/mol. The summed E-state index contributed by atoms with van der Waals surface area (Å²) in [5.74, 6) is -4.49. The third-order valence-corrected chi connectivity index (χ3v) is 4.19. The van der Waals surface area contributed by atoms with Gasteiger partial charge in [0.15, 0.2) is 0 Å². The minimum Gasteiger partial charge on any atom is -0.480 e. The zero-order valence-corrected chi connectivity index (χ0v) is 16.7. The molecule has 1 aromatic rings. The van der Waals surface area contributed by atoms with E-state index in [1.54, 1.807) is 24.3 Å². The summed E-state index contributed by atoms with van der Waals surface area (Å²) in [5.41, 5.74) is 11.6. The van der Waals surface area contributed by atoms with Crippen molar-refractivity contribution in [2.24, 2.45) is 11.5 Å². The minimum absolute atomic E-state index is 0.252. The molecule has 0 radical (unpaired) electrons. The summed E-state index contributed by atoms with van der Waals surface area (Å²) < 4.78 is 0. The number of hydrogen-bond acceptors (Lipinski definition) is 7. The van der Waals surface area contributed by atoms with Crippen LogP contribution in [0, 0.1) is 0 Å². The molecule has 0 fully saturated rings. The van der Waals surface area contributed by atoms with E-state index < -0.39 is 60.9 Å². The lowest BCUT2D eigenvalue weighted by Crippen LogP contribution is -2.55. The van der Waals surface area contributed by atoms with Gasteiger partial charge < -0.3 is 37.6 Å². The van der Waals surface area contributed by atoms with Gasteiger partial charge in [-0.3, -0.25) is 19.2 Å². The molecule has 9 N–H and O–H groups in total. The van der Waals surface area contributed by atoms with Gasteiger partial charge in [0, 0.05) is 6.42 Å². The number of amides is 4. The molecule has 0 aromatic heterocycles. The van der Waals surface area contributed by atoms with Crippen LogP contribution in [0.15, 0.2) is 30.3 Å². The molecule has 0 aliphatic heterocycles. The Labute approximate surface area is 178 Å². The molecular weight excluding hydrogens is 410 g/mol. The summed E-state index contributed by atoms with van der Waals surface area (Å²) in [6, 6.07) is 5.25. The molecule has 0 saturated heterocycles. The Bertz CT molecular complexity index is 787. The highest BCUT2D eigenvalue weighted by atomic mass is 16.4. The molecule has 0 aliphatic rings. The van der Waals surface area contributed by atoms with E-state index in [4.69, 9.17) is 16.6 Å². The average Bonchev–Trinajstić information content (AvgIpc) is 2.73. The second-order valence-corrected chi connectivity index (χ2v) is 6.72. The first-order chi connectivity index (χ1) is 14.6. The molecule has 0 saturated carbocycles. The first-order valence-electron chi connectivity index (χ1n) is 9.43. The van der Waals surface area contributed by atoms with Crippen LogP contribution in [0.1, 0.15) is 18.4 Å². The first-order valence-corrected chi connectivity index (χ1v) is 9.43. The molecule has 0 aliphatic carbocycles. The zero-order valence-electron chi connectivity index (χ0n) is 16.7. The van der Waals surface area contributed by atoms with Gasteiger partial charge in [-0.2, -0.15) is 0 Å². The summed E-state index contributed by atoms with van der Waals surface area (Å²) >= 11 is 0. The van der Waals surface area contributed by atoms with Crippen molar-refractivity contribution in [3.8, 4) is 0 Å². The number of carbonyl (C=O) groups excluding carboxylic acids is 4. The molecule has 1 aromatic carbocycles. The first kappa shape index (κ1) is 25.5. The number of rotatable bonds is 13. The number of aliphatic hydroxyl groups is 1. The maximum Gasteiger partial charge on any atom is 0.326 e. The second kappa shape index (κ2) is 12.9. The largest absolute Gasteiger partial charge is 0.480 e. The number of hydrogen-bond donors (Lipinski definition) is 7. The van der Waals surface area contributed by atoms with Gasteiger partial charge >= 0.3 is 5.97 Å². The number of nitrogens with one attached hydrogen (secondary N) is 3. The van der Waals surface area contributed by atoms with E-state index in [1.165, 1.54) is 0 Å². The normalized spacial score (nSPS) is 13.4. The van der Waals surface area contributed by atoms with E-state index in [2.05, 4.69) is 16.0 Å². The van der Waals surface area contributed by atoms with E-state index in [0.29, 0.717) is 0 Å². The van der Waals surface area contributed by atoms with Crippen molar-refractivity contribution in [1.29, 1.82) is 0 Å². The van der Waals surface area contributed by atoms with Crippen LogP contribution in [0.4, 0.5) is 0 Å². The maximum atomic E-state index is 12.1. The summed E-state index contributed by atoms with van der Waals surface area (Å²) in [5, 5.41) is 25.1. The van der Waals surface area contributed by atoms with Gasteiger partial charge in [-0.15, -0.1) is 0 Å². The molecule has 3 atom stereocenters. The number of carboxylic acids is 1. The molecule has 0 bridgehead atoms. The third kappa shape index (κ3) is 9.69. The molecule has 3 unspecified atom stereocenters. The van der Waals surface area contributed by atoms with Crippen molar-refractivity contribution in [1.82, 2.24) is 16.0 Å².